The highest BCUT2D eigenvalue weighted by atomic mass is 32.1. The smallest absolute Gasteiger partial charge is 0.271 e. The first-order chi connectivity index (χ1) is 10.6. The van der Waals surface area contributed by atoms with Crippen molar-refractivity contribution in [2.24, 2.45) is 5.73 Å². The lowest BCUT2D eigenvalue weighted by molar-refractivity contribution is 0.0946. The molecule has 2 aromatic rings. The third-order valence-corrected chi connectivity index (χ3v) is 4.35. The Morgan fingerprint density at radius 1 is 1.36 bits per heavy atom. The third-order valence-electron chi connectivity index (χ3n) is 3.37. The first kappa shape index (κ1) is 16.5. The number of carbonyl (C=O) groups is 1. The van der Waals surface area contributed by atoms with Crippen LogP contribution < -0.4 is 16.8 Å². The summed E-state index contributed by atoms with van der Waals surface area (Å²) in [5.74, 6) is -0.179. The number of nitrogens with two attached hydrogens (primary N) is 2. The van der Waals surface area contributed by atoms with Crippen LogP contribution >= 0.6 is 11.3 Å². The van der Waals surface area contributed by atoms with Crippen molar-refractivity contribution in [2.45, 2.75) is 38.8 Å². The fraction of sp³-hybridized carbons (Fsp3) is 0.375. The third kappa shape index (κ3) is 4.54. The van der Waals surface area contributed by atoms with Gasteiger partial charge in [0.15, 0.2) is 0 Å². The molecule has 0 saturated heterocycles. The molecule has 2 rings (SSSR count). The zero-order valence-electron chi connectivity index (χ0n) is 12.7. The van der Waals surface area contributed by atoms with Gasteiger partial charge in [0.2, 0.25) is 0 Å². The van der Waals surface area contributed by atoms with Gasteiger partial charge in [0.05, 0.1) is 6.04 Å². The van der Waals surface area contributed by atoms with E-state index in [2.05, 4.69) is 17.2 Å². The van der Waals surface area contributed by atoms with E-state index in [1.807, 2.05) is 24.3 Å². The molecule has 0 aliphatic carbocycles. The Balaban J connectivity index is 1.90. The fourth-order valence-corrected chi connectivity index (χ4v) is 2.85. The van der Waals surface area contributed by atoms with Gasteiger partial charge in [0.1, 0.15) is 10.7 Å². The maximum Gasteiger partial charge on any atom is 0.271 e. The Kier molecular flexibility index (Phi) is 5.91. The highest BCUT2D eigenvalue weighted by molar-refractivity contribution is 7.09. The van der Waals surface area contributed by atoms with Gasteiger partial charge < -0.3 is 16.8 Å². The molecule has 118 valence electrons. The number of anilines is 1. The van der Waals surface area contributed by atoms with Gasteiger partial charge in [-0.1, -0.05) is 31.9 Å². The summed E-state index contributed by atoms with van der Waals surface area (Å²) in [4.78, 5) is 16.5. The van der Waals surface area contributed by atoms with E-state index in [1.54, 1.807) is 5.38 Å². The standard InChI is InChI=1S/C16H22N4OS/c1-2-3-4-13(18)16-20-14(10-22-16)15(21)19-9-11-5-7-12(17)8-6-11/h5-8,10,13H,2-4,9,17-18H2,1H3,(H,19,21). The number of nitrogens with one attached hydrogen (secondary N) is 1. The molecule has 0 spiro atoms. The summed E-state index contributed by atoms with van der Waals surface area (Å²) < 4.78 is 0. The van der Waals surface area contributed by atoms with Crippen LogP contribution in [0.3, 0.4) is 0 Å². The minimum atomic E-state index is -0.179. The van der Waals surface area contributed by atoms with Crippen LogP contribution in [0.4, 0.5) is 5.69 Å². The van der Waals surface area contributed by atoms with Crippen LogP contribution in [0.15, 0.2) is 29.6 Å². The summed E-state index contributed by atoms with van der Waals surface area (Å²) in [5, 5.41) is 5.44. The molecular formula is C16H22N4OS. The van der Waals surface area contributed by atoms with E-state index >= 15 is 0 Å². The molecule has 0 aliphatic heterocycles. The first-order valence-corrected chi connectivity index (χ1v) is 8.31. The van der Waals surface area contributed by atoms with Crippen LogP contribution in [-0.4, -0.2) is 10.9 Å². The van der Waals surface area contributed by atoms with Crippen LogP contribution in [-0.2, 0) is 6.54 Å². The molecule has 1 atom stereocenters. The molecule has 0 saturated carbocycles. The van der Waals surface area contributed by atoms with Gasteiger partial charge in [-0.3, -0.25) is 4.79 Å². The van der Waals surface area contributed by atoms with Gasteiger partial charge in [-0.2, -0.15) is 0 Å². The number of hydrogen-bond donors (Lipinski definition) is 3. The van der Waals surface area contributed by atoms with Crippen molar-refractivity contribution in [3.05, 3.63) is 45.9 Å². The first-order valence-electron chi connectivity index (χ1n) is 7.43. The minimum absolute atomic E-state index is 0.0800. The number of amides is 1. The van der Waals surface area contributed by atoms with E-state index < -0.39 is 0 Å². The van der Waals surface area contributed by atoms with Crippen molar-refractivity contribution in [3.63, 3.8) is 0 Å². The largest absolute Gasteiger partial charge is 0.399 e. The average Bonchev–Trinajstić information content (AvgIpc) is 3.02. The number of rotatable bonds is 7. The van der Waals surface area contributed by atoms with Crippen molar-refractivity contribution in [2.75, 3.05) is 5.73 Å². The van der Waals surface area contributed by atoms with Crippen molar-refractivity contribution in [1.29, 1.82) is 0 Å². The monoisotopic (exact) mass is 318 g/mol. The molecule has 1 amide bonds. The topological polar surface area (TPSA) is 94.0 Å². The Morgan fingerprint density at radius 2 is 2.09 bits per heavy atom. The van der Waals surface area contributed by atoms with E-state index in [0.717, 1.165) is 29.8 Å². The second-order valence-electron chi connectivity index (χ2n) is 5.24. The number of carbonyl (C=O) groups excluding carboxylic acids is 1. The molecule has 6 heteroatoms. The van der Waals surface area contributed by atoms with Crippen LogP contribution in [0.25, 0.3) is 0 Å². The zero-order valence-corrected chi connectivity index (χ0v) is 13.5. The van der Waals surface area contributed by atoms with E-state index in [9.17, 15) is 4.79 Å². The Morgan fingerprint density at radius 3 is 2.77 bits per heavy atom. The maximum atomic E-state index is 12.1. The predicted octanol–water partition coefficient (Wildman–Crippen LogP) is 2.85. The van der Waals surface area contributed by atoms with Crippen molar-refractivity contribution < 1.29 is 4.79 Å². The number of benzene rings is 1. The summed E-state index contributed by atoms with van der Waals surface area (Å²) in [6, 6.07) is 7.33. The van der Waals surface area contributed by atoms with E-state index in [-0.39, 0.29) is 11.9 Å². The SMILES string of the molecule is CCCCC(N)c1nc(C(=O)NCc2ccc(N)cc2)cs1. The number of hydrogen-bond acceptors (Lipinski definition) is 5. The molecule has 0 radical (unpaired) electrons. The molecule has 0 aliphatic rings. The lowest BCUT2D eigenvalue weighted by atomic mass is 10.1. The summed E-state index contributed by atoms with van der Waals surface area (Å²) in [7, 11) is 0. The highest BCUT2D eigenvalue weighted by Gasteiger charge is 2.14. The normalized spacial score (nSPS) is 12.1. The van der Waals surface area contributed by atoms with Gasteiger partial charge in [-0.15, -0.1) is 11.3 Å². The van der Waals surface area contributed by atoms with E-state index in [0.29, 0.717) is 17.9 Å². The van der Waals surface area contributed by atoms with E-state index in [1.165, 1.54) is 11.3 Å². The van der Waals surface area contributed by atoms with Crippen molar-refractivity contribution in [3.8, 4) is 0 Å². The van der Waals surface area contributed by atoms with Gasteiger partial charge in [-0.25, -0.2) is 4.98 Å². The lowest BCUT2D eigenvalue weighted by Crippen LogP contribution is -2.23. The molecule has 5 N–H and O–H groups in total. The number of nitrogens with zero attached hydrogens (tertiary/aromatic N) is 1. The molecule has 22 heavy (non-hydrogen) atoms. The van der Waals surface area contributed by atoms with Gasteiger partial charge in [0.25, 0.3) is 5.91 Å². The fourth-order valence-electron chi connectivity index (χ4n) is 2.02. The van der Waals surface area contributed by atoms with Gasteiger partial charge in [0, 0.05) is 17.6 Å². The second kappa shape index (κ2) is 7.91. The molecule has 1 aromatic carbocycles. The number of aromatic nitrogens is 1. The second-order valence-corrected chi connectivity index (χ2v) is 6.13. The Labute approximate surface area is 134 Å². The zero-order chi connectivity index (χ0) is 15.9. The van der Waals surface area contributed by atoms with Crippen LogP contribution in [0.1, 0.15) is 53.3 Å². The molecule has 1 aromatic heterocycles. The van der Waals surface area contributed by atoms with Crippen molar-refractivity contribution >= 4 is 22.9 Å². The molecule has 0 fully saturated rings. The molecule has 5 nitrogen and oxygen atoms in total. The number of unbranched alkanes of at least 4 members (excludes halogenated alkanes) is 1. The summed E-state index contributed by atoms with van der Waals surface area (Å²) >= 11 is 1.45. The van der Waals surface area contributed by atoms with E-state index in [4.69, 9.17) is 11.5 Å². The molecule has 0 bridgehead atoms. The van der Waals surface area contributed by atoms with Crippen molar-refractivity contribution in [1.82, 2.24) is 10.3 Å². The number of nitrogen functional groups attached to an aromatic ring is 1. The Hall–Kier alpha value is -1.92. The van der Waals surface area contributed by atoms with Crippen LogP contribution in [0.5, 0.6) is 0 Å². The predicted molar refractivity (Wildman–Crippen MR) is 90.6 cm³/mol. The average molecular weight is 318 g/mol. The number of thiazole rings is 1. The molecule has 1 unspecified atom stereocenters. The molecular weight excluding hydrogens is 296 g/mol. The maximum absolute atomic E-state index is 12.1. The highest BCUT2D eigenvalue weighted by Crippen LogP contribution is 2.21. The Bertz CT molecular complexity index is 609. The van der Waals surface area contributed by atoms with Crippen LogP contribution in [0.2, 0.25) is 0 Å². The van der Waals surface area contributed by atoms with Gasteiger partial charge >= 0.3 is 0 Å². The van der Waals surface area contributed by atoms with Crippen LogP contribution in [0, 0.1) is 0 Å². The molecule has 1 heterocycles. The lowest BCUT2D eigenvalue weighted by Gasteiger charge is -2.06. The summed E-state index contributed by atoms with van der Waals surface area (Å²) in [6.07, 6.45) is 3.07. The summed E-state index contributed by atoms with van der Waals surface area (Å²) in [5.41, 5.74) is 13.8. The van der Waals surface area contributed by atoms with Gasteiger partial charge in [-0.05, 0) is 24.1 Å². The quantitative estimate of drug-likeness (QED) is 0.684. The summed E-state index contributed by atoms with van der Waals surface area (Å²) in [6.45, 7) is 2.58. The minimum Gasteiger partial charge on any atom is -0.399 e.